The third-order valence-corrected chi connectivity index (χ3v) is 9.69. The van der Waals surface area contributed by atoms with E-state index < -0.39 is 24.1 Å². The molecule has 152 valence electrons. The first kappa shape index (κ1) is 19.4. The minimum absolute atomic E-state index is 0.127. The predicted octanol–water partition coefficient (Wildman–Crippen LogP) is 3.56. The van der Waals surface area contributed by atoms with Gasteiger partial charge in [-0.3, -0.25) is 0 Å². The Balaban J connectivity index is 1.87. The number of aliphatic hydroxyl groups excluding tert-OH is 2. The minimum Gasteiger partial charge on any atom is -0.460 e. The van der Waals surface area contributed by atoms with Crippen LogP contribution in [-0.2, 0) is 9.53 Å². The summed E-state index contributed by atoms with van der Waals surface area (Å²) < 4.78 is 5.94. The van der Waals surface area contributed by atoms with E-state index >= 15 is 0 Å². The molecule has 0 aliphatic heterocycles. The van der Waals surface area contributed by atoms with Crippen LogP contribution in [0.3, 0.4) is 0 Å². The molecule has 2 N–H and O–H groups in total. The zero-order valence-corrected chi connectivity index (χ0v) is 17.3. The van der Waals surface area contributed by atoms with Crippen LogP contribution in [0, 0.1) is 45.8 Å². The van der Waals surface area contributed by atoms with Gasteiger partial charge in [0.05, 0.1) is 6.10 Å². The molecule has 0 aromatic heterocycles. The number of hydrogen-bond donors (Lipinski definition) is 2. The van der Waals surface area contributed by atoms with Crippen LogP contribution in [0.5, 0.6) is 0 Å². The number of rotatable bonds is 3. The number of carbonyl (C=O) groups is 1. The normalized spacial score (nSPS) is 56.3. The summed E-state index contributed by atoms with van der Waals surface area (Å²) in [5, 5.41) is 20.8. The quantitative estimate of drug-likeness (QED) is 0.584. The molecule has 4 rings (SSSR count). The fraction of sp³-hybridized carbons (Fsp3) is 0.870. The zero-order chi connectivity index (χ0) is 19.8. The molecule has 4 aliphatic rings. The molecule has 0 heterocycles. The molecule has 0 aromatic rings. The summed E-state index contributed by atoms with van der Waals surface area (Å²) in [7, 11) is 0. The van der Waals surface area contributed by atoms with Crippen molar-refractivity contribution in [2.45, 2.75) is 72.0 Å². The Hall–Kier alpha value is -0.870. The number of carbonyl (C=O) groups excluding carboxylic acids is 1. The fourth-order valence-corrected chi connectivity index (χ4v) is 7.81. The third kappa shape index (κ3) is 2.45. The number of fused-ring (bicyclic) bond motifs is 1. The Kier molecular flexibility index (Phi) is 4.37. The molecule has 27 heavy (non-hydrogen) atoms. The molecule has 4 aliphatic carbocycles. The van der Waals surface area contributed by atoms with Crippen LogP contribution >= 0.6 is 0 Å². The summed E-state index contributed by atoms with van der Waals surface area (Å²) >= 11 is 0. The summed E-state index contributed by atoms with van der Waals surface area (Å²) in [5.41, 5.74) is -0.511. The van der Waals surface area contributed by atoms with Gasteiger partial charge in [0.1, 0.15) is 12.7 Å². The van der Waals surface area contributed by atoms with E-state index in [1.807, 2.05) is 6.08 Å². The average molecular weight is 377 g/mol. The molecule has 0 spiro atoms. The summed E-state index contributed by atoms with van der Waals surface area (Å²) in [6, 6.07) is 0. The summed E-state index contributed by atoms with van der Waals surface area (Å²) in [6.07, 6.45) is 6.40. The SMILES string of the molecule is C=C[C@]1(C)C[C@@H](OC(=O)CO)[C@]2(C)C(C)CC[C@]3(C[C@H]4C[C@H]4C32)[C@@H](C)[C@@H]1O. The van der Waals surface area contributed by atoms with E-state index in [2.05, 4.69) is 34.3 Å². The van der Waals surface area contributed by atoms with Gasteiger partial charge in [0, 0.05) is 10.8 Å². The second kappa shape index (κ2) is 6.06. The van der Waals surface area contributed by atoms with Crippen molar-refractivity contribution in [2.75, 3.05) is 6.61 Å². The van der Waals surface area contributed by atoms with E-state index in [-0.39, 0.29) is 22.9 Å². The molecule has 4 saturated carbocycles. The summed E-state index contributed by atoms with van der Waals surface area (Å²) in [4.78, 5) is 12.2. The van der Waals surface area contributed by atoms with Crippen molar-refractivity contribution in [3.8, 4) is 0 Å². The Bertz CT molecular complexity index is 646. The van der Waals surface area contributed by atoms with Crippen LogP contribution in [0.15, 0.2) is 12.7 Å². The van der Waals surface area contributed by atoms with Crippen LogP contribution in [0.1, 0.15) is 59.8 Å². The Labute approximate surface area is 163 Å². The first-order valence-corrected chi connectivity index (χ1v) is 10.8. The molecule has 2 bridgehead atoms. The lowest BCUT2D eigenvalue weighted by Crippen LogP contribution is -2.62. The van der Waals surface area contributed by atoms with Gasteiger partial charge in [-0.05, 0) is 67.1 Å². The predicted molar refractivity (Wildman–Crippen MR) is 104 cm³/mol. The Morgan fingerprint density at radius 3 is 2.63 bits per heavy atom. The van der Waals surface area contributed by atoms with E-state index in [0.717, 1.165) is 18.8 Å². The van der Waals surface area contributed by atoms with Crippen LogP contribution in [0.2, 0.25) is 0 Å². The summed E-state index contributed by atoms with van der Waals surface area (Å²) in [6.45, 7) is 12.4. The van der Waals surface area contributed by atoms with E-state index in [1.165, 1.54) is 12.8 Å². The molecule has 0 amide bonds. The zero-order valence-electron chi connectivity index (χ0n) is 17.3. The second-order valence-electron chi connectivity index (χ2n) is 10.7. The average Bonchev–Trinajstić information content (AvgIpc) is 3.32. The molecule has 10 atom stereocenters. The van der Waals surface area contributed by atoms with Gasteiger partial charge in [-0.1, -0.05) is 33.8 Å². The van der Waals surface area contributed by atoms with Crippen molar-refractivity contribution in [1.29, 1.82) is 0 Å². The summed E-state index contributed by atoms with van der Waals surface area (Å²) in [5.74, 6) is 2.06. The van der Waals surface area contributed by atoms with Gasteiger partial charge in [0.25, 0.3) is 0 Å². The monoisotopic (exact) mass is 376 g/mol. The highest BCUT2D eigenvalue weighted by Crippen LogP contribution is 2.77. The van der Waals surface area contributed by atoms with Crippen LogP contribution in [0.4, 0.5) is 0 Å². The molecule has 0 saturated heterocycles. The Morgan fingerprint density at radius 2 is 2.00 bits per heavy atom. The lowest BCUT2D eigenvalue weighted by atomic mass is 9.43. The number of hydrogen-bond acceptors (Lipinski definition) is 4. The molecule has 4 fully saturated rings. The molecular weight excluding hydrogens is 340 g/mol. The maximum absolute atomic E-state index is 12.2. The maximum atomic E-state index is 12.2. The van der Waals surface area contributed by atoms with Gasteiger partial charge in [-0.15, -0.1) is 6.58 Å². The van der Waals surface area contributed by atoms with Crippen molar-refractivity contribution in [3.63, 3.8) is 0 Å². The van der Waals surface area contributed by atoms with E-state index in [0.29, 0.717) is 24.2 Å². The van der Waals surface area contributed by atoms with Gasteiger partial charge in [-0.25, -0.2) is 4.79 Å². The van der Waals surface area contributed by atoms with E-state index in [1.54, 1.807) is 0 Å². The Morgan fingerprint density at radius 1 is 1.30 bits per heavy atom. The number of esters is 1. The van der Waals surface area contributed by atoms with Gasteiger partial charge in [0.2, 0.25) is 0 Å². The molecule has 4 heteroatoms. The number of ether oxygens (including phenoxy) is 1. The highest BCUT2D eigenvalue weighted by atomic mass is 16.6. The van der Waals surface area contributed by atoms with Crippen molar-refractivity contribution < 1.29 is 19.7 Å². The largest absolute Gasteiger partial charge is 0.460 e. The van der Waals surface area contributed by atoms with Gasteiger partial charge >= 0.3 is 5.97 Å². The van der Waals surface area contributed by atoms with Crippen LogP contribution in [0.25, 0.3) is 0 Å². The van der Waals surface area contributed by atoms with Crippen molar-refractivity contribution in [2.24, 2.45) is 45.8 Å². The highest BCUT2D eigenvalue weighted by molar-refractivity contribution is 5.70. The van der Waals surface area contributed by atoms with Gasteiger partial charge in [-0.2, -0.15) is 0 Å². The highest BCUT2D eigenvalue weighted by Gasteiger charge is 2.73. The first-order valence-electron chi connectivity index (χ1n) is 10.8. The van der Waals surface area contributed by atoms with E-state index in [4.69, 9.17) is 4.74 Å². The molecule has 4 nitrogen and oxygen atoms in total. The molecule has 0 aromatic carbocycles. The van der Waals surface area contributed by atoms with Gasteiger partial charge in [0.15, 0.2) is 0 Å². The smallest absolute Gasteiger partial charge is 0.332 e. The lowest BCUT2D eigenvalue weighted by molar-refractivity contribution is -0.214. The number of aliphatic hydroxyl groups is 2. The second-order valence-corrected chi connectivity index (χ2v) is 10.7. The fourth-order valence-electron chi connectivity index (χ4n) is 7.81. The van der Waals surface area contributed by atoms with Gasteiger partial charge < -0.3 is 14.9 Å². The van der Waals surface area contributed by atoms with E-state index in [9.17, 15) is 15.0 Å². The van der Waals surface area contributed by atoms with Crippen molar-refractivity contribution in [1.82, 2.24) is 0 Å². The van der Waals surface area contributed by atoms with Crippen LogP contribution < -0.4 is 0 Å². The van der Waals surface area contributed by atoms with Crippen molar-refractivity contribution >= 4 is 5.97 Å². The standard InChI is InChI=1S/C23H36O4/c1-6-21(4)11-17(27-18(25)12-24)22(5)13(2)7-8-23(14(3)20(21)26)10-15-9-16(15)19(22)23/h6,13-17,19-20,24,26H,1,7-12H2,2-5H3/t13?,14-,15+,16+,17+,19?,20-,21+,22-,23-/m0/s1. The first-order chi connectivity index (χ1) is 12.6. The molecule has 0 radical (unpaired) electrons. The van der Waals surface area contributed by atoms with Crippen molar-refractivity contribution in [3.05, 3.63) is 12.7 Å². The third-order valence-electron chi connectivity index (χ3n) is 9.69. The molecule has 2 unspecified atom stereocenters. The minimum atomic E-state index is -0.591. The maximum Gasteiger partial charge on any atom is 0.332 e. The topological polar surface area (TPSA) is 66.8 Å². The lowest BCUT2D eigenvalue weighted by Gasteiger charge is -2.63. The molecular formula is C23H36O4. The van der Waals surface area contributed by atoms with Crippen LogP contribution in [-0.4, -0.2) is 35.0 Å².